The van der Waals surface area contributed by atoms with E-state index < -0.39 is 12.3 Å². The van der Waals surface area contributed by atoms with Crippen molar-refractivity contribution in [3.8, 4) is 5.75 Å². The lowest BCUT2D eigenvalue weighted by molar-refractivity contribution is -0.126. The highest BCUT2D eigenvalue weighted by Gasteiger charge is 2.34. The molecular weight excluding hydrogens is 320 g/mol. The van der Waals surface area contributed by atoms with Crippen molar-refractivity contribution in [1.29, 1.82) is 0 Å². The number of carbonyl (C=O) groups excluding carboxylic acids is 2. The Bertz CT molecular complexity index is 560. The molecule has 0 heterocycles. The Hall–Kier alpha value is -2.04. The molecule has 1 saturated carbocycles. The molecule has 1 aliphatic rings. The molecule has 1 fully saturated rings. The minimum atomic E-state index is -0.709. The second kappa shape index (κ2) is 9.44. The van der Waals surface area contributed by atoms with E-state index in [1.165, 1.54) is 6.42 Å². The van der Waals surface area contributed by atoms with Crippen molar-refractivity contribution in [2.75, 3.05) is 7.11 Å². The molecule has 138 valence electrons. The van der Waals surface area contributed by atoms with Gasteiger partial charge < -0.3 is 14.2 Å². The lowest BCUT2D eigenvalue weighted by Gasteiger charge is -2.32. The Labute approximate surface area is 149 Å². The summed E-state index contributed by atoms with van der Waals surface area (Å²) in [5, 5.41) is 0. The van der Waals surface area contributed by atoms with Gasteiger partial charge in [-0.1, -0.05) is 38.3 Å². The summed E-state index contributed by atoms with van der Waals surface area (Å²) in [5.41, 5.74) is 0.853. The van der Waals surface area contributed by atoms with Crippen LogP contribution in [0.4, 0.5) is 4.79 Å². The van der Waals surface area contributed by atoms with Crippen molar-refractivity contribution in [2.24, 2.45) is 11.8 Å². The minimum absolute atomic E-state index is 0.0403. The number of rotatable bonds is 7. The van der Waals surface area contributed by atoms with E-state index in [0.717, 1.165) is 37.0 Å². The number of carbonyl (C=O) groups is 2. The van der Waals surface area contributed by atoms with Gasteiger partial charge in [0.1, 0.15) is 24.2 Å². The van der Waals surface area contributed by atoms with Crippen LogP contribution in [0.5, 0.6) is 5.75 Å². The third-order valence-electron chi connectivity index (χ3n) is 5.00. The first-order valence-corrected chi connectivity index (χ1v) is 8.98. The number of benzene rings is 1. The van der Waals surface area contributed by atoms with Crippen molar-refractivity contribution in [2.45, 2.75) is 58.7 Å². The van der Waals surface area contributed by atoms with Gasteiger partial charge in [0, 0.05) is 0 Å². The normalized spacial score (nSPS) is 17.4. The van der Waals surface area contributed by atoms with Crippen molar-refractivity contribution < 1.29 is 23.8 Å². The van der Waals surface area contributed by atoms with Gasteiger partial charge in [-0.25, -0.2) is 4.79 Å². The second-order valence-corrected chi connectivity index (χ2v) is 6.77. The molecule has 0 amide bonds. The SMILES string of the molecule is COc1ccc(COC(=O)O[C@@H](C2CCCCC2)[C@H](C)C(C)=O)cc1. The number of hydrogen-bond acceptors (Lipinski definition) is 5. The van der Waals surface area contributed by atoms with E-state index in [-0.39, 0.29) is 24.2 Å². The first-order chi connectivity index (χ1) is 12.0. The Kier molecular flexibility index (Phi) is 7.29. The van der Waals surface area contributed by atoms with E-state index in [2.05, 4.69) is 0 Å². The standard InChI is InChI=1S/C20H28O5/c1-14(15(2)21)19(17-7-5-4-6-8-17)25-20(22)24-13-16-9-11-18(23-3)12-10-16/h9-12,14,17,19H,4-8,13H2,1-3H3/t14-,19-/m1/s1. The molecule has 0 aromatic heterocycles. The lowest BCUT2D eigenvalue weighted by atomic mass is 9.80. The van der Waals surface area contributed by atoms with Gasteiger partial charge in [-0.15, -0.1) is 0 Å². The van der Waals surface area contributed by atoms with Gasteiger partial charge in [-0.05, 0) is 43.4 Å². The molecule has 1 aromatic rings. The highest BCUT2D eigenvalue weighted by molar-refractivity contribution is 5.78. The molecule has 0 saturated heterocycles. The highest BCUT2D eigenvalue weighted by atomic mass is 16.7. The van der Waals surface area contributed by atoms with Crippen LogP contribution in [-0.4, -0.2) is 25.2 Å². The molecule has 5 nitrogen and oxygen atoms in total. The average molecular weight is 348 g/mol. The van der Waals surface area contributed by atoms with E-state index in [1.807, 2.05) is 31.2 Å². The summed E-state index contributed by atoms with van der Waals surface area (Å²) >= 11 is 0. The maximum atomic E-state index is 12.1. The third kappa shape index (κ3) is 5.76. The summed E-state index contributed by atoms with van der Waals surface area (Å²) in [7, 11) is 1.60. The van der Waals surface area contributed by atoms with Gasteiger partial charge in [0.2, 0.25) is 0 Å². The zero-order chi connectivity index (χ0) is 18.2. The molecule has 0 unspecified atom stereocenters. The maximum absolute atomic E-state index is 12.1. The van der Waals surface area contributed by atoms with Crippen LogP contribution < -0.4 is 4.74 Å². The zero-order valence-corrected chi connectivity index (χ0v) is 15.3. The molecule has 25 heavy (non-hydrogen) atoms. The quantitative estimate of drug-likeness (QED) is 0.678. The summed E-state index contributed by atoms with van der Waals surface area (Å²) in [4.78, 5) is 23.9. The second-order valence-electron chi connectivity index (χ2n) is 6.77. The summed E-state index contributed by atoms with van der Waals surface area (Å²) in [6, 6.07) is 7.30. The van der Waals surface area contributed by atoms with Crippen LogP contribution in [-0.2, 0) is 20.9 Å². The van der Waals surface area contributed by atoms with Gasteiger partial charge >= 0.3 is 6.16 Å². The van der Waals surface area contributed by atoms with Crippen LogP contribution >= 0.6 is 0 Å². The fraction of sp³-hybridized carbons (Fsp3) is 0.600. The number of ketones is 1. The first kappa shape index (κ1) is 19.3. The first-order valence-electron chi connectivity index (χ1n) is 8.98. The Morgan fingerprint density at radius 2 is 1.76 bits per heavy atom. The van der Waals surface area contributed by atoms with Crippen molar-refractivity contribution >= 4 is 11.9 Å². The van der Waals surface area contributed by atoms with E-state index >= 15 is 0 Å². The molecule has 1 aromatic carbocycles. The lowest BCUT2D eigenvalue weighted by Crippen LogP contribution is -2.37. The van der Waals surface area contributed by atoms with Gasteiger partial charge in [0.05, 0.1) is 13.0 Å². The van der Waals surface area contributed by atoms with Gasteiger partial charge in [-0.2, -0.15) is 0 Å². The zero-order valence-electron chi connectivity index (χ0n) is 15.3. The molecule has 0 aliphatic heterocycles. The molecule has 5 heteroatoms. The summed E-state index contributed by atoms with van der Waals surface area (Å²) in [6.45, 7) is 3.51. The number of ether oxygens (including phenoxy) is 3. The fourth-order valence-electron chi connectivity index (χ4n) is 3.31. The summed E-state index contributed by atoms with van der Waals surface area (Å²) < 4.78 is 15.9. The molecule has 2 atom stereocenters. The van der Waals surface area contributed by atoms with Crippen LogP contribution in [0.2, 0.25) is 0 Å². The van der Waals surface area contributed by atoms with Gasteiger partial charge in [-0.3, -0.25) is 4.79 Å². The van der Waals surface area contributed by atoms with Crippen LogP contribution in [0, 0.1) is 11.8 Å². The predicted molar refractivity (Wildman–Crippen MR) is 94.5 cm³/mol. The van der Waals surface area contributed by atoms with Gasteiger partial charge in [0.25, 0.3) is 0 Å². The molecule has 2 rings (SSSR count). The van der Waals surface area contributed by atoms with Crippen molar-refractivity contribution in [3.63, 3.8) is 0 Å². The smallest absolute Gasteiger partial charge is 0.497 e. The Morgan fingerprint density at radius 1 is 1.12 bits per heavy atom. The van der Waals surface area contributed by atoms with Crippen molar-refractivity contribution in [3.05, 3.63) is 29.8 Å². The van der Waals surface area contributed by atoms with E-state index in [1.54, 1.807) is 14.0 Å². The minimum Gasteiger partial charge on any atom is -0.497 e. The fourth-order valence-corrected chi connectivity index (χ4v) is 3.31. The van der Waals surface area contributed by atoms with E-state index in [4.69, 9.17) is 14.2 Å². The van der Waals surface area contributed by atoms with E-state index in [0.29, 0.717) is 0 Å². The predicted octanol–water partition coefficient (Wildman–Crippen LogP) is 4.52. The molecular formula is C20H28O5. The Balaban J connectivity index is 1.92. The van der Waals surface area contributed by atoms with Crippen LogP contribution in [0.15, 0.2) is 24.3 Å². The van der Waals surface area contributed by atoms with Crippen LogP contribution in [0.25, 0.3) is 0 Å². The van der Waals surface area contributed by atoms with Crippen LogP contribution in [0.1, 0.15) is 51.5 Å². The number of hydrogen-bond donors (Lipinski definition) is 0. The molecule has 0 radical (unpaired) electrons. The third-order valence-corrected chi connectivity index (χ3v) is 5.00. The summed E-state index contributed by atoms with van der Waals surface area (Å²) in [6.07, 6.45) is 4.33. The highest BCUT2D eigenvalue weighted by Crippen LogP contribution is 2.32. The van der Waals surface area contributed by atoms with E-state index in [9.17, 15) is 9.59 Å². The molecule has 1 aliphatic carbocycles. The largest absolute Gasteiger partial charge is 0.508 e. The summed E-state index contributed by atoms with van der Waals surface area (Å²) in [5.74, 6) is 0.718. The van der Waals surface area contributed by atoms with Crippen LogP contribution in [0.3, 0.4) is 0 Å². The number of Topliss-reactive ketones (excluding diaryl/α,β-unsaturated/α-hetero) is 1. The Morgan fingerprint density at radius 3 is 2.32 bits per heavy atom. The molecule has 0 spiro atoms. The average Bonchev–Trinajstić information content (AvgIpc) is 2.65. The monoisotopic (exact) mass is 348 g/mol. The maximum Gasteiger partial charge on any atom is 0.508 e. The topological polar surface area (TPSA) is 61.8 Å². The molecule has 0 bridgehead atoms. The number of methoxy groups -OCH3 is 1. The van der Waals surface area contributed by atoms with Gasteiger partial charge in [0.15, 0.2) is 0 Å². The van der Waals surface area contributed by atoms with Crippen molar-refractivity contribution in [1.82, 2.24) is 0 Å². The molecule has 0 N–H and O–H groups in total.